The average molecular weight is 356 g/mol. The first-order valence-electron chi connectivity index (χ1n) is 9.36. The van der Waals surface area contributed by atoms with Gasteiger partial charge in [0.2, 0.25) is 5.91 Å². The zero-order chi connectivity index (χ0) is 18.3. The Kier molecular flexibility index (Phi) is 4.30. The standard InChI is InChI=1S/C19H24N4O3/c1-3-17-21-22(11-18(24)20-13-7-5-4-6-12(13)2)19(25)15-10-16-14(23(15)17)8-9-26-16/h8-10,12-13H,3-7,11H2,1-2H3,(H,20,24)/t12-,13+/m0/s1. The Hall–Kier alpha value is -2.57. The van der Waals surface area contributed by atoms with Crippen molar-refractivity contribution >= 4 is 22.5 Å². The Bertz CT molecular complexity index is 1010. The predicted molar refractivity (Wildman–Crippen MR) is 98.2 cm³/mol. The van der Waals surface area contributed by atoms with Crippen LogP contribution in [-0.4, -0.2) is 26.1 Å². The molecule has 3 heterocycles. The molecule has 1 saturated carbocycles. The minimum Gasteiger partial charge on any atom is -0.463 e. The summed E-state index contributed by atoms with van der Waals surface area (Å²) in [5.74, 6) is 1.05. The largest absolute Gasteiger partial charge is 0.463 e. The van der Waals surface area contributed by atoms with Crippen molar-refractivity contribution in [2.24, 2.45) is 5.92 Å². The number of aromatic nitrogens is 3. The van der Waals surface area contributed by atoms with Gasteiger partial charge in [0.1, 0.15) is 17.9 Å². The van der Waals surface area contributed by atoms with Gasteiger partial charge in [-0.3, -0.25) is 14.0 Å². The molecule has 26 heavy (non-hydrogen) atoms. The third kappa shape index (κ3) is 2.81. The Morgan fingerprint density at radius 2 is 2.15 bits per heavy atom. The molecule has 0 spiro atoms. The summed E-state index contributed by atoms with van der Waals surface area (Å²) in [6, 6.07) is 3.73. The molecule has 1 aliphatic carbocycles. The highest BCUT2D eigenvalue weighted by molar-refractivity contribution is 5.82. The number of carbonyl (C=O) groups is 1. The molecule has 0 radical (unpaired) electrons. The third-order valence-corrected chi connectivity index (χ3v) is 5.44. The normalized spacial score (nSPS) is 20.7. The Morgan fingerprint density at radius 3 is 2.92 bits per heavy atom. The molecule has 138 valence electrons. The van der Waals surface area contributed by atoms with Crippen LogP contribution >= 0.6 is 0 Å². The van der Waals surface area contributed by atoms with E-state index in [4.69, 9.17) is 4.42 Å². The van der Waals surface area contributed by atoms with Crippen LogP contribution in [0.2, 0.25) is 0 Å². The van der Waals surface area contributed by atoms with Crippen molar-refractivity contribution in [2.75, 3.05) is 0 Å². The van der Waals surface area contributed by atoms with Crippen LogP contribution in [0.5, 0.6) is 0 Å². The molecule has 0 aliphatic heterocycles. The molecule has 1 aliphatic rings. The number of furan rings is 1. The lowest BCUT2D eigenvalue weighted by molar-refractivity contribution is -0.123. The molecule has 1 amide bonds. The van der Waals surface area contributed by atoms with Gasteiger partial charge in [-0.15, -0.1) is 0 Å². The van der Waals surface area contributed by atoms with Gasteiger partial charge in [0.15, 0.2) is 5.58 Å². The molecule has 2 atom stereocenters. The highest BCUT2D eigenvalue weighted by atomic mass is 16.3. The van der Waals surface area contributed by atoms with E-state index in [0.29, 0.717) is 23.4 Å². The zero-order valence-corrected chi connectivity index (χ0v) is 15.2. The van der Waals surface area contributed by atoms with Crippen LogP contribution in [0.15, 0.2) is 27.6 Å². The fourth-order valence-corrected chi connectivity index (χ4v) is 3.98. The Balaban J connectivity index is 1.65. The summed E-state index contributed by atoms with van der Waals surface area (Å²) in [5, 5.41) is 7.53. The summed E-state index contributed by atoms with van der Waals surface area (Å²) in [4.78, 5) is 25.3. The third-order valence-electron chi connectivity index (χ3n) is 5.44. The fraction of sp³-hybridized carbons (Fsp3) is 0.526. The van der Waals surface area contributed by atoms with Crippen LogP contribution in [-0.2, 0) is 17.8 Å². The second-order valence-corrected chi connectivity index (χ2v) is 7.20. The first-order valence-corrected chi connectivity index (χ1v) is 9.36. The van der Waals surface area contributed by atoms with Crippen molar-refractivity contribution in [3.8, 4) is 0 Å². The van der Waals surface area contributed by atoms with E-state index in [1.165, 1.54) is 11.1 Å². The molecular formula is C19H24N4O3. The van der Waals surface area contributed by atoms with E-state index in [0.717, 1.165) is 30.6 Å². The predicted octanol–water partition coefficient (Wildman–Crippen LogP) is 2.50. The lowest BCUT2D eigenvalue weighted by Gasteiger charge is -2.29. The van der Waals surface area contributed by atoms with Crippen molar-refractivity contribution in [2.45, 2.75) is 58.5 Å². The van der Waals surface area contributed by atoms with Gasteiger partial charge in [-0.1, -0.05) is 26.7 Å². The topological polar surface area (TPSA) is 81.5 Å². The van der Waals surface area contributed by atoms with E-state index in [2.05, 4.69) is 17.3 Å². The van der Waals surface area contributed by atoms with E-state index in [9.17, 15) is 9.59 Å². The van der Waals surface area contributed by atoms with Crippen molar-refractivity contribution in [3.63, 3.8) is 0 Å². The van der Waals surface area contributed by atoms with E-state index >= 15 is 0 Å². The molecule has 7 heteroatoms. The monoisotopic (exact) mass is 356 g/mol. The highest BCUT2D eigenvalue weighted by Crippen LogP contribution is 2.24. The molecule has 1 fully saturated rings. The number of carbonyl (C=O) groups excluding carboxylic acids is 1. The molecule has 0 saturated heterocycles. The summed E-state index contributed by atoms with van der Waals surface area (Å²) in [6.45, 7) is 4.09. The maximum Gasteiger partial charge on any atom is 0.291 e. The summed E-state index contributed by atoms with van der Waals surface area (Å²) in [7, 11) is 0. The van der Waals surface area contributed by atoms with Gasteiger partial charge in [-0.2, -0.15) is 5.10 Å². The first kappa shape index (κ1) is 16.9. The number of rotatable bonds is 4. The van der Waals surface area contributed by atoms with Gasteiger partial charge in [0.25, 0.3) is 5.56 Å². The fourth-order valence-electron chi connectivity index (χ4n) is 3.98. The quantitative estimate of drug-likeness (QED) is 0.779. The number of fused-ring (bicyclic) bond motifs is 3. The average Bonchev–Trinajstić information content (AvgIpc) is 3.21. The van der Waals surface area contributed by atoms with E-state index in [-0.39, 0.29) is 24.1 Å². The number of aryl methyl sites for hydroxylation is 1. The minimum atomic E-state index is -0.277. The van der Waals surface area contributed by atoms with Gasteiger partial charge >= 0.3 is 0 Å². The maximum atomic E-state index is 12.8. The smallest absolute Gasteiger partial charge is 0.291 e. The Morgan fingerprint density at radius 1 is 1.35 bits per heavy atom. The summed E-state index contributed by atoms with van der Waals surface area (Å²) in [6.07, 6.45) is 6.75. The second-order valence-electron chi connectivity index (χ2n) is 7.20. The highest BCUT2D eigenvalue weighted by Gasteiger charge is 2.23. The molecule has 4 rings (SSSR count). The van der Waals surface area contributed by atoms with Gasteiger partial charge in [0.05, 0.1) is 11.8 Å². The number of hydrogen-bond donors (Lipinski definition) is 1. The van der Waals surface area contributed by atoms with Crippen LogP contribution in [0.25, 0.3) is 16.6 Å². The molecule has 1 N–H and O–H groups in total. The van der Waals surface area contributed by atoms with Crippen LogP contribution in [0.4, 0.5) is 0 Å². The molecule has 0 bridgehead atoms. The second kappa shape index (κ2) is 6.63. The van der Waals surface area contributed by atoms with Crippen LogP contribution in [0.3, 0.4) is 0 Å². The lowest BCUT2D eigenvalue weighted by atomic mass is 9.86. The summed E-state index contributed by atoms with van der Waals surface area (Å²) in [5.41, 5.74) is 1.69. The molecule has 3 aromatic rings. The number of amides is 1. The number of nitrogens with one attached hydrogen (secondary N) is 1. The summed E-state index contributed by atoms with van der Waals surface area (Å²) >= 11 is 0. The summed E-state index contributed by atoms with van der Waals surface area (Å²) < 4.78 is 8.51. The maximum absolute atomic E-state index is 12.8. The van der Waals surface area contributed by atoms with Crippen molar-refractivity contribution in [1.29, 1.82) is 0 Å². The molecule has 3 aromatic heterocycles. The lowest BCUT2D eigenvalue weighted by Crippen LogP contribution is -2.44. The van der Waals surface area contributed by atoms with Gasteiger partial charge < -0.3 is 9.73 Å². The van der Waals surface area contributed by atoms with E-state index in [1.807, 2.05) is 17.4 Å². The van der Waals surface area contributed by atoms with Crippen molar-refractivity contribution in [1.82, 2.24) is 19.5 Å². The molecular weight excluding hydrogens is 332 g/mol. The van der Waals surface area contributed by atoms with Crippen molar-refractivity contribution < 1.29 is 9.21 Å². The molecule has 0 unspecified atom stereocenters. The zero-order valence-electron chi connectivity index (χ0n) is 15.2. The van der Waals surface area contributed by atoms with Gasteiger partial charge in [0, 0.05) is 24.6 Å². The molecule has 0 aromatic carbocycles. The van der Waals surface area contributed by atoms with E-state index in [1.54, 1.807) is 12.3 Å². The van der Waals surface area contributed by atoms with Crippen LogP contribution in [0, 0.1) is 5.92 Å². The number of nitrogens with zero attached hydrogens (tertiary/aromatic N) is 3. The number of hydrogen-bond acceptors (Lipinski definition) is 4. The van der Waals surface area contributed by atoms with Gasteiger partial charge in [-0.25, -0.2) is 4.68 Å². The van der Waals surface area contributed by atoms with E-state index < -0.39 is 0 Å². The Labute approximate surface area is 151 Å². The van der Waals surface area contributed by atoms with Gasteiger partial charge in [-0.05, 0) is 18.8 Å². The van der Waals surface area contributed by atoms with Crippen molar-refractivity contribution in [3.05, 3.63) is 34.6 Å². The molecule has 7 nitrogen and oxygen atoms in total. The van der Waals surface area contributed by atoms with Crippen LogP contribution < -0.4 is 10.9 Å². The van der Waals surface area contributed by atoms with Crippen LogP contribution in [0.1, 0.15) is 45.4 Å². The first-order chi connectivity index (χ1) is 12.6. The minimum absolute atomic E-state index is 0.0574. The SMILES string of the molecule is CCc1nn(CC(=O)N[C@@H]2CCCC[C@@H]2C)c(=O)c2cc3occc3n12.